The van der Waals surface area contributed by atoms with Crippen molar-refractivity contribution in [1.29, 1.82) is 0 Å². The highest BCUT2D eigenvalue weighted by molar-refractivity contribution is 9.10. The zero-order valence-corrected chi connectivity index (χ0v) is 10.3. The van der Waals surface area contributed by atoms with Gasteiger partial charge >= 0.3 is 0 Å². The van der Waals surface area contributed by atoms with E-state index in [4.69, 9.17) is 4.74 Å². The molecule has 1 aliphatic heterocycles. The molecule has 1 amide bonds. The molecule has 1 heterocycles. The maximum Gasteiger partial charge on any atom is 0.294 e. The summed E-state index contributed by atoms with van der Waals surface area (Å²) in [6, 6.07) is 5.33. The molecule has 0 N–H and O–H groups in total. The number of methoxy groups -OCH3 is 1. The lowest BCUT2D eigenvalue weighted by molar-refractivity contribution is -0.133. The van der Waals surface area contributed by atoms with Gasteiger partial charge in [-0.3, -0.25) is 9.59 Å². The smallest absolute Gasteiger partial charge is 0.294 e. The summed E-state index contributed by atoms with van der Waals surface area (Å²) in [7, 11) is 1.56. The first-order valence-electron chi connectivity index (χ1n) is 4.81. The SMILES string of the molecule is COc1cc(Br)cc(N2CCC(=O)C2=O)c1. The van der Waals surface area contributed by atoms with Gasteiger partial charge in [0, 0.05) is 29.2 Å². The van der Waals surface area contributed by atoms with Crippen molar-refractivity contribution in [3.63, 3.8) is 0 Å². The molecule has 1 aromatic rings. The Kier molecular flexibility index (Phi) is 2.96. The fraction of sp³-hybridized carbons (Fsp3) is 0.273. The van der Waals surface area contributed by atoms with Crippen LogP contribution in [0.25, 0.3) is 0 Å². The normalized spacial score (nSPS) is 15.8. The van der Waals surface area contributed by atoms with E-state index in [9.17, 15) is 9.59 Å². The molecule has 16 heavy (non-hydrogen) atoms. The number of hydrogen-bond acceptors (Lipinski definition) is 3. The fourth-order valence-corrected chi connectivity index (χ4v) is 2.10. The maximum atomic E-state index is 11.5. The van der Waals surface area contributed by atoms with Crippen LogP contribution in [-0.4, -0.2) is 25.3 Å². The lowest BCUT2D eigenvalue weighted by atomic mass is 10.3. The number of hydrogen-bond donors (Lipinski definition) is 0. The second-order valence-corrected chi connectivity index (χ2v) is 4.39. The molecule has 0 aromatic heterocycles. The van der Waals surface area contributed by atoms with Crippen molar-refractivity contribution in [2.75, 3.05) is 18.6 Å². The van der Waals surface area contributed by atoms with E-state index in [0.29, 0.717) is 18.0 Å². The topological polar surface area (TPSA) is 46.6 Å². The zero-order chi connectivity index (χ0) is 11.7. The fourth-order valence-electron chi connectivity index (χ4n) is 1.64. The van der Waals surface area contributed by atoms with Crippen molar-refractivity contribution in [2.45, 2.75) is 6.42 Å². The first-order valence-corrected chi connectivity index (χ1v) is 5.60. The van der Waals surface area contributed by atoms with Gasteiger partial charge in [0.15, 0.2) is 0 Å². The number of carbonyl (C=O) groups is 2. The standard InChI is InChI=1S/C11H10BrNO3/c1-16-9-5-7(12)4-8(6-9)13-3-2-10(14)11(13)15/h4-6H,2-3H2,1H3. The van der Waals surface area contributed by atoms with E-state index < -0.39 is 5.91 Å². The van der Waals surface area contributed by atoms with Crippen LogP contribution in [-0.2, 0) is 9.59 Å². The summed E-state index contributed by atoms with van der Waals surface area (Å²) in [6.07, 6.45) is 0.285. The third-order valence-electron chi connectivity index (χ3n) is 2.45. The molecule has 0 radical (unpaired) electrons. The summed E-state index contributed by atoms with van der Waals surface area (Å²) >= 11 is 3.33. The average Bonchev–Trinajstić information content (AvgIpc) is 2.59. The summed E-state index contributed by atoms with van der Waals surface area (Å²) in [4.78, 5) is 24.2. The average molecular weight is 284 g/mol. The van der Waals surface area contributed by atoms with E-state index >= 15 is 0 Å². The molecule has 0 unspecified atom stereocenters. The lowest BCUT2D eigenvalue weighted by Gasteiger charge is -2.15. The molecule has 1 aliphatic rings. The van der Waals surface area contributed by atoms with Gasteiger partial charge in [-0.2, -0.15) is 0 Å². The Bertz CT molecular complexity index is 459. The highest BCUT2D eigenvalue weighted by atomic mass is 79.9. The van der Waals surface area contributed by atoms with Crippen LogP contribution < -0.4 is 9.64 Å². The van der Waals surface area contributed by atoms with Crippen molar-refractivity contribution in [1.82, 2.24) is 0 Å². The lowest BCUT2D eigenvalue weighted by Crippen LogP contribution is -2.26. The number of amides is 1. The van der Waals surface area contributed by atoms with Crippen molar-refractivity contribution in [2.24, 2.45) is 0 Å². The van der Waals surface area contributed by atoms with Crippen molar-refractivity contribution < 1.29 is 14.3 Å². The molecule has 0 bridgehead atoms. The molecule has 1 saturated heterocycles. The highest BCUT2D eigenvalue weighted by Crippen LogP contribution is 2.29. The van der Waals surface area contributed by atoms with Gasteiger partial charge in [0.1, 0.15) is 5.75 Å². The van der Waals surface area contributed by atoms with Crippen molar-refractivity contribution in [3.8, 4) is 5.75 Å². The summed E-state index contributed by atoms with van der Waals surface area (Å²) in [5.74, 6) is -0.129. The van der Waals surface area contributed by atoms with Crippen LogP contribution in [0.1, 0.15) is 6.42 Å². The minimum absolute atomic E-state index is 0.285. The molecule has 5 heteroatoms. The molecule has 0 aliphatic carbocycles. The van der Waals surface area contributed by atoms with Gasteiger partial charge in [-0.15, -0.1) is 0 Å². The number of ether oxygens (including phenoxy) is 1. The minimum Gasteiger partial charge on any atom is -0.497 e. The Balaban J connectivity index is 2.37. The van der Waals surface area contributed by atoms with Gasteiger partial charge in [-0.05, 0) is 12.1 Å². The van der Waals surface area contributed by atoms with Crippen molar-refractivity contribution >= 4 is 33.3 Å². The Morgan fingerprint density at radius 2 is 2.06 bits per heavy atom. The van der Waals surface area contributed by atoms with E-state index in [-0.39, 0.29) is 12.2 Å². The van der Waals surface area contributed by atoms with E-state index in [1.165, 1.54) is 4.90 Å². The first kappa shape index (κ1) is 11.1. The predicted octanol–water partition coefficient (Wildman–Crippen LogP) is 1.76. The monoisotopic (exact) mass is 283 g/mol. The molecular weight excluding hydrogens is 274 g/mol. The van der Waals surface area contributed by atoms with Gasteiger partial charge in [0.05, 0.1) is 7.11 Å². The second kappa shape index (κ2) is 4.25. The quantitative estimate of drug-likeness (QED) is 0.777. The number of nitrogens with zero attached hydrogens (tertiary/aromatic N) is 1. The number of ketones is 1. The van der Waals surface area contributed by atoms with Gasteiger partial charge in [-0.25, -0.2) is 0 Å². The second-order valence-electron chi connectivity index (χ2n) is 3.48. The van der Waals surface area contributed by atoms with Crippen LogP contribution in [0.2, 0.25) is 0 Å². The Morgan fingerprint density at radius 3 is 2.62 bits per heavy atom. The minimum atomic E-state index is -0.444. The zero-order valence-electron chi connectivity index (χ0n) is 8.70. The summed E-state index contributed by atoms with van der Waals surface area (Å²) < 4.78 is 5.92. The molecule has 2 rings (SSSR count). The number of benzene rings is 1. The number of Topliss-reactive ketones (excluding diaryl/α,β-unsaturated/α-hetero) is 1. The first-order chi connectivity index (χ1) is 7.61. The number of anilines is 1. The van der Waals surface area contributed by atoms with Crippen LogP contribution in [0.3, 0.4) is 0 Å². The molecule has 0 saturated carbocycles. The number of carbonyl (C=O) groups excluding carboxylic acids is 2. The molecule has 1 fully saturated rings. The molecule has 4 nitrogen and oxygen atoms in total. The molecule has 0 atom stereocenters. The van der Waals surface area contributed by atoms with Crippen LogP contribution in [0.4, 0.5) is 5.69 Å². The molecular formula is C11H10BrNO3. The molecule has 1 aromatic carbocycles. The van der Waals surface area contributed by atoms with Crippen LogP contribution >= 0.6 is 15.9 Å². The largest absolute Gasteiger partial charge is 0.497 e. The van der Waals surface area contributed by atoms with Gasteiger partial charge in [-0.1, -0.05) is 15.9 Å². The number of rotatable bonds is 2. The Morgan fingerprint density at radius 1 is 1.31 bits per heavy atom. The van der Waals surface area contributed by atoms with E-state index in [1.54, 1.807) is 25.3 Å². The van der Waals surface area contributed by atoms with Crippen LogP contribution in [0.15, 0.2) is 22.7 Å². The van der Waals surface area contributed by atoms with Crippen LogP contribution in [0.5, 0.6) is 5.75 Å². The van der Waals surface area contributed by atoms with E-state index in [1.807, 2.05) is 0 Å². The Hall–Kier alpha value is -1.36. The van der Waals surface area contributed by atoms with Gasteiger partial charge in [0.2, 0.25) is 5.78 Å². The third-order valence-corrected chi connectivity index (χ3v) is 2.91. The summed E-state index contributed by atoms with van der Waals surface area (Å²) in [5.41, 5.74) is 0.682. The predicted molar refractivity (Wildman–Crippen MR) is 62.7 cm³/mol. The van der Waals surface area contributed by atoms with Gasteiger partial charge in [0.25, 0.3) is 5.91 Å². The van der Waals surface area contributed by atoms with Gasteiger partial charge < -0.3 is 9.64 Å². The van der Waals surface area contributed by atoms with Crippen LogP contribution in [0, 0.1) is 0 Å². The maximum absolute atomic E-state index is 11.5. The Labute approximate surface area is 101 Å². The van der Waals surface area contributed by atoms with Crippen molar-refractivity contribution in [3.05, 3.63) is 22.7 Å². The third kappa shape index (κ3) is 1.95. The highest BCUT2D eigenvalue weighted by Gasteiger charge is 2.30. The molecule has 0 spiro atoms. The number of halogens is 1. The summed E-state index contributed by atoms with van der Waals surface area (Å²) in [5, 5.41) is 0. The van der Waals surface area contributed by atoms with E-state index in [2.05, 4.69) is 15.9 Å². The van der Waals surface area contributed by atoms with E-state index in [0.717, 1.165) is 4.47 Å². The summed E-state index contributed by atoms with van der Waals surface area (Å²) in [6.45, 7) is 0.442. The molecule has 84 valence electrons.